The molecule has 1 unspecified atom stereocenters. The molecule has 0 fully saturated rings. The smallest absolute Gasteiger partial charge is 0.330 e. The molecule has 0 spiro atoms. The van der Waals surface area contributed by atoms with E-state index in [4.69, 9.17) is 13.9 Å². The fourth-order valence-electron chi connectivity index (χ4n) is 2.38. The van der Waals surface area contributed by atoms with Crippen LogP contribution in [0.3, 0.4) is 0 Å². The van der Waals surface area contributed by atoms with Crippen molar-refractivity contribution in [2.24, 2.45) is 5.41 Å². The molecular formula is C24H36O7Si. The topological polar surface area (TPSA) is 88.1 Å². The Bertz CT molecular complexity index is 775. The van der Waals surface area contributed by atoms with Gasteiger partial charge in [0.1, 0.15) is 6.10 Å². The van der Waals surface area contributed by atoms with E-state index in [1.165, 1.54) is 39.6 Å². The summed E-state index contributed by atoms with van der Waals surface area (Å²) in [5.41, 5.74) is -1.60. The molecule has 0 saturated heterocycles. The fraction of sp³-hybridized carbons (Fsp3) is 0.542. The molecule has 0 saturated carbocycles. The molecule has 0 bridgehead atoms. The highest BCUT2D eigenvalue weighted by atomic mass is 28.4. The van der Waals surface area contributed by atoms with Crippen molar-refractivity contribution in [3.8, 4) is 11.8 Å². The second kappa shape index (κ2) is 13.0. The Labute approximate surface area is 193 Å². The molecule has 0 aromatic rings. The van der Waals surface area contributed by atoms with Crippen LogP contribution in [0.25, 0.3) is 0 Å². The van der Waals surface area contributed by atoms with Crippen molar-refractivity contribution in [1.82, 2.24) is 0 Å². The third-order valence-corrected chi connectivity index (χ3v) is 9.79. The minimum absolute atomic E-state index is 0.0203. The van der Waals surface area contributed by atoms with Crippen LogP contribution in [0.15, 0.2) is 37.0 Å². The second-order valence-electron chi connectivity index (χ2n) is 8.62. The fourth-order valence-corrected chi connectivity index (χ4v) is 3.51. The molecule has 0 aliphatic heterocycles. The summed E-state index contributed by atoms with van der Waals surface area (Å²) >= 11 is 0. The normalized spacial score (nSPS) is 13.2. The average Bonchev–Trinajstić information content (AvgIpc) is 2.73. The van der Waals surface area contributed by atoms with Crippen LogP contribution in [0.1, 0.15) is 33.6 Å². The van der Waals surface area contributed by atoms with Gasteiger partial charge in [0.15, 0.2) is 13.7 Å². The molecule has 0 aromatic heterocycles. The number of hydrogen-bond donors (Lipinski definition) is 0. The van der Waals surface area contributed by atoms with E-state index in [1.807, 2.05) is 0 Å². The molecule has 0 aliphatic carbocycles. The monoisotopic (exact) mass is 464 g/mol. The van der Waals surface area contributed by atoms with Gasteiger partial charge in [-0.2, -0.15) is 0 Å². The maximum absolute atomic E-state index is 12.4. The van der Waals surface area contributed by atoms with E-state index in [9.17, 15) is 14.4 Å². The van der Waals surface area contributed by atoms with Crippen molar-refractivity contribution in [3.05, 3.63) is 37.0 Å². The Kier molecular flexibility index (Phi) is 12.0. The number of carbonyl (C=O) groups excluding carboxylic acids is 3. The summed E-state index contributed by atoms with van der Waals surface area (Å²) in [6, 6.07) is 0. The first-order chi connectivity index (χ1) is 14.8. The van der Waals surface area contributed by atoms with Crippen LogP contribution in [-0.2, 0) is 33.0 Å². The van der Waals surface area contributed by atoms with Crippen molar-refractivity contribution < 1.29 is 33.0 Å². The van der Waals surface area contributed by atoms with Gasteiger partial charge in [0.05, 0.1) is 21.3 Å². The zero-order valence-electron chi connectivity index (χ0n) is 20.4. The van der Waals surface area contributed by atoms with Gasteiger partial charge in [-0.05, 0) is 30.6 Å². The van der Waals surface area contributed by atoms with Gasteiger partial charge in [-0.25, -0.2) is 4.79 Å². The van der Waals surface area contributed by atoms with Crippen LogP contribution in [0.5, 0.6) is 0 Å². The minimum atomic E-state index is -2.19. The summed E-state index contributed by atoms with van der Waals surface area (Å²) < 4.78 is 20.6. The molecule has 0 N–H and O–H groups in total. The lowest BCUT2D eigenvalue weighted by Crippen LogP contribution is -2.43. The van der Waals surface area contributed by atoms with Gasteiger partial charge in [-0.15, -0.1) is 6.58 Å². The van der Waals surface area contributed by atoms with Gasteiger partial charge in [-0.3, -0.25) is 9.59 Å². The van der Waals surface area contributed by atoms with Crippen LogP contribution >= 0.6 is 0 Å². The largest absolute Gasteiger partial charge is 0.468 e. The number of carbonyl (C=O) groups is 3. The molecule has 32 heavy (non-hydrogen) atoms. The van der Waals surface area contributed by atoms with E-state index in [1.54, 1.807) is 12.2 Å². The van der Waals surface area contributed by atoms with E-state index in [-0.39, 0.29) is 17.9 Å². The maximum atomic E-state index is 12.4. The quantitative estimate of drug-likeness (QED) is 0.0706. The highest BCUT2D eigenvalue weighted by Crippen LogP contribution is 2.37. The van der Waals surface area contributed by atoms with E-state index >= 15 is 0 Å². The Hall–Kier alpha value is -2.63. The van der Waals surface area contributed by atoms with Crippen LogP contribution in [-0.4, -0.2) is 53.7 Å². The lowest BCUT2D eigenvalue weighted by atomic mass is 9.81. The molecule has 0 aromatic carbocycles. The molecule has 0 radical (unpaired) electrons. The number of allylic oxidation sites excluding steroid dienone is 3. The third-order valence-electron chi connectivity index (χ3n) is 5.34. The van der Waals surface area contributed by atoms with Crippen molar-refractivity contribution in [3.63, 3.8) is 0 Å². The van der Waals surface area contributed by atoms with E-state index in [2.05, 4.69) is 57.0 Å². The van der Waals surface area contributed by atoms with Crippen molar-refractivity contribution >= 4 is 26.2 Å². The number of rotatable bonds is 10. The molecule has 0 amide bonds. The lowest BCUT2D eigenvalue weighted by molar-refractivity contribution is -0.168. The summed E-state index contributed by atoms with van der Waals surface area (Å²) in [5, 5.41) is -0.0622. The summed E-state index contributed by atoms with van der Waals surface area (Å²) in [6.45, 7) is 14.1. The Morgan fingerprint density at radius 2 is 1.56 bits per heavy atom. The third kappa shape index (κ3) is 8.48. The Morgan fingerprint density at radius 1 is 1.00 bits per heavy atom. The summed E-state index contributed by atoms with van der Waals surface area (Å²) in [4.78, 5) is 36.1. The van der Waals surface area contributed by atoms with Gasteiger partial charge in [0, 0.05) is 12.5 Å². The predicted octanol–water partition coefficient (Wildman–Crippen LogP) is 3.96. The van der Waals surface area contributed by atoms with Crippen LogP contribution in [0, 0.1) is 17.3 Å². The highest BCUT2D eigenvalue weighted by molar-refractivity contribution is 6.74. The average molecular weight is 465 g/mol. The maximum Gasteiger partial charge on any atom is 0.330 e. The molecular weight excluding hydrogens is 428 g/mol. The van der Waals surface area contributed by atoms with Gasteiger partial charge >= 0.3 is 17.9 Å². The summed E-state index contributed by atoms with van der Waals surface area (Å²) in [6.07, 6.45) is 6.89. The van der Waals surface area contributed by atoms with Crippen molar-refractivity contribution in [1.29, 1.82) is 0 Å². The molecule has 1 atom stereocenters. The van der Waals surface area contributed by atoms with Crippen LogP contribution in [0.2, 0.25) is 18.1 Å². The first-order valence-electron chi connectivity index (χ1n) is 10.2. The highest BCUT2D eigenvalue weighted by Gasteiger charge is 2.47. The second-order valence-corrected chi connectivity index (χ2v) is 13.4. The first-order valence-corrected chi connectivity index (χ1v) is 13.1. The van der Waals surface area contributed by atoms with E-state index in [0.717, 1.165) is 0 Å². The number of ether oxygens (including phenoxy) is 3. The van der Waals surface area contributed by atoms with Crippen LogP contribution < -0.4 is 0 Å². The van der Waals surface area contributed by atoms with Gasteiger partial charge in [-0.1, -0.05) is 50.8 Å². The summed E-state index contributed by atoms with van der Waals surface area (Å²) in [5.74, 6) is 3.95. The first kappa shape index (κ1) is 29.4. The summed E-state index contributed by atoms with van der Waals surface area (Å²) in [7, 11) is 1.51. The zero-order valence-corrected chi connectivity index (χ0v) is 21.4. The molecule has 178 valence electrons. The molecule has 7 nitrogen and oxygen atoms in total. The zero-order chi connectivity index (χ0) is 25.0. The molecule has 0 heterocycles. The van der Waals surface area contributed by atoms with Gasteiger partial charge in [0.2, 0.25) is 0 Å². The van der Waals surface area contributed by atoms with Gasteiger partial charge < -0.3 is 18.6 Å². The van der Waals surface area contributed by atoms with E-state index < -0.39 is 37.7 Å². The molecule has 8 heteroatoms. The lowest BCUT2D eigenvalue weighted by Gasteiger charge is -2.37. The van der Waals surface area contributed by atoms with E-state index in [0.29, 0.717) is 0 Å². The molecule has 0 rings (SSSR count). The van der Waals surface area contributed by atoms with Crippen LogP contribution in [0.4, 0.5) is 0 Å². The predicted molar refractivity (Wildman–Crippen MR) is 126 cm³/mol. The standard InChI is InChI=1S/C24H36O7Si/c1-10-17-24(21(26)29-6,22(27)30-7)18-13-15-19(14-11-12-16-20(25)28-5)31-32(8,9)23(2,3)4/h10-12,14,16,19H,1,17-18H2,2-9H3/b14-11+,16-12+. The number of methoxy groups -OCH3 is 3. The molecule has 0 aliphatic rings. The SMILES string of the molecule is C=CCC(CC#CC(/C=C/C=C/C(=O)OC)O[Si](C)(C)C(C)(C)C)(C(=O)OC)C(=O)OC. The minimum Gasteiger partial charge on any atom is -0.468 e. The van der Waals surface area contributed by atoms with Gasteiger partial charge in [0.25, 0.3) is 0 Å². The van der Waals surface area contributed by atoms with Crippen molar-refractivity contribution in [2.75, 3.05) is 21.3 Å². The number of esters is 3. The number of hydrogen-bond acceptors (Lipinski definition) is 7. The Balaban J connectivity index is 6.03. The Morgan fingerprint density at radius 3 is 2.00 bits per heavy atom. The van der Waals surface area contributed by atoms with Crippen molar-refractivity contribution in [2.45, 2.75) is 57.8 Å².